The van der Waals surface area contributed by atoms with Crippen molar-refractivity contribution in [3.8, 4) is 0 Å². The molecule has 0 amide bonds. The first-order valence-electron chi connectivity index (χ1n) is 6.61. The Morgan fingerprint density at radius 2 is 1.95 bits per heavy atom. The summed E-state index contributed by atoms with van der Waals surface area (Å²) in [4.78, 5) is 0.0871. The Balaban J connectivity index is 2.03. The third-order valence-corrected chi connectivity index (χ3v) is 5.59. The maximum atomic E-state index is 12.2. The highest BCUT2D eigenvalue weighted by molar-refractivity contribution is 7.89. The number of halogens is 2. The molecule has 116 valence electrons. The molecule has 1 aromatic carbocycles. The van der Waals surface area contributed by atoms with Crippen LogP contribution in [0.2, 0.25) is 10.0 Å². The van der Waals surface area contributed by atoms with Crippen molar-refractivity contribution in [3.05, 3.63) is 39.4 Å². The van der Waals surface area contributed by atoms with Crippen LogP contribution in [0.25, 0.3) is 0 Å². The van der Waals surface area contributed by atoms with Crippen LogP contribution in [0, 0.1) is 6.92 Å². The fourth-order valence-electron chi connectivity index (χ4n) is 2.00. The first kappa shape index (κ1) is 16.8. The Hall–Kier alpha value is -0.590. The molecule has 1 aliphatic heterocycles. The zero-order valence-corrected chi connectivity index (χ0v) is 14.0. The lowest BCUT2D eigenvalue weighted by molar-refractivity contribution is 0.153. The minimum atomic E-state index is -3.60. The van der Waals surface area contributed by atoms with E-state index in [2.05, 4.69) is 4.72 Å². The molecule has 21 heavy (non-hydrogen) atoms. The lowest BCUT2D eigenvalue weighted by Gasteiger charge is -2.14. The average Bonchev–Trinajstić information content (AvgIpc) is 2.45. The first-order valence-corrected chi connectivity index (χ1v) is 8.85. The highest BCUT2D eigenvalue weighted by atomic mass is 35.5. The fraction of sp³-hybridized carbons (Fsp3) is 0.429. The van der Waals surface area contributed by atoms with Gasteiger partial charge in [-0.25, -0.2) is 13.1 Å². The predicted molar refractivity (Wildman–Crippen MR) is 84.5 cm³/mol. The number of nitrogens with one attached hydrogen (secondary N) is 1. The number of rotatable bonds is 5. The van der Waals surface area contributed by atoms with Gasteiger partial charge in [-0.3, -0.25) is 0 Å². The Morgan fingerprint density at radius 1 is 1.29 bits per heavy atom. The third kappa shape index (κ3) is 4.44. The molecular formula is C14H17Cl2NO3S. The standard InChI is InChI=1S/C14H17Cl2NO3S/c1-10-13(15)8-12(9-14(10)16)21(18,19)17-5-2-11-3-6-20-7-4-11/h3,8-9,17H,2,4-7H2,1H3. The quantitative estimate of drug-likeness (QED) is 0.829. The van der Waals surface area contributed by atoms with Gasteiger partial charge in [0, 0.05) is 16.6 Å². The van der Waals surface area contributed by atoms with Crippen LogP contribution in [0.4, 0.5) is 0 Å². The summed E-state index contributed by atoms with van der Waals surface area (Å²) in [5.41, 5.74) is 1.88. The minimum absolute atomic E-state index is 0.0871. The molecule has 1 aliphatic rings. The summed E-state index contributed by atoms with van der Waals surface area (Å²) in [6.07, 6.45) is 3.53. The smallest absolute Gasteiger partial charge is 0.240 e. The number of ether oxygens (including phenoxy) is 1. The van der Waals surface area contributed by atoms with Gasteiger partial charge in [0.25, 0.3) is 0 Å². The number of benzene rings is 1. The van der Waals surface area contributed by atoms with Crippen molar-refractivity contribution >= 4 is 33.2 Å². The maximum absolute atomic E-state index is 12.2. The van der Waals surface area contributed by atoms with Gasteiger partial charge >= 0.3 is 0 Å². The van der Waals surface area contributed by atoms with E-state index in [1.807, 2.05) is 6.08 Å². The molecule has 0 bridgehead atoms. The Morgan fingerprint density at radius 3 is 2.52 bits per heavy atom. The van der Waals surface area contributed by atoms with Crippen molar-refractivity contribution in [2.24, 2.45) is 0 Å². The van der Waals surface area contributed by atoms with Gasteiger partial charge in [0.15, 0.2) is 0 Å². The lowest BCUT2D eigenvalue weighted by atomic mass is 10.1. The second-order valence-electron chi connectivity index (χ2n) is 4.85. The van der Waals surface area contributed by atoms with Crippen LogP contribution in [-0.4, -0.2) is 28.2 Å². The summed E-state index contributed by atoms with van der Waals surface area (Å²) in [6.45, 7) is 3.39. The molecule has 0 radical (unpaired) electrons. The largest absolute Gasteiger partial charge is 0.377 e. The molecule has 4 nitrogen and oxygen atoms in total. The summed E-state index contributed by atoms with van der Waals surface area (Å²) < 4.78 is 32.2. The van der Waals surface area contributed by atoms with E-state index in [4.69, 9.17) is 27.9 Å². The molecule has 0 atom stereocenters. The summed E-state index contributed by atoms with van der Waals surface area (Å²) >= 11 is 12.0. The van der Waals surface area contributed by atoms with Crippen molar-refractivity contribution < 1.29 is 13.2 Å². The van der Waals surface area contributed by atoms with Gasteiger partial charge in [0.1, 0.15) is 0 Å². The van der Waals surface area contributed by atoms with Gasteiger partial charge in [-0.2, -0.15) is 0 Å². The van der Waals surface area contributed by atoms with Gasteiger partial charge < -0.3 is 4.74 Å². The molecule has 0 aliphatic carbocycles. The Kier molecular flexibility index (Phi) is 5.68. The SMILES string of the molecule is Cc1c(Cl)cc(S(=O)(=O)NCCC2=CCOCC2)cc1Cl. The van der Waals surface area contributed by atoms with Crippen LogP contribution in [-0.2, 0) is 14.8 Å². The van der Waals surface area contributed by atoms with Crippen LogP contribution < -0.4 is 4.72 Å². The van der Waals surface area contributed by atoms with Gasteiger partial charge in [-0.15, -0.1) is 0 Å². The third-order valence-electron chi connectivity index (χ3n) is 3.36. The summed E-state index contributed by atoms with van der Waals surface area (Å²) in [6, 6.07) is 2.83. The van der Waals surface area contributed by atoms with E-state index in [0.717, 1.165) is 6.42 Å². The van der Waals surface area contributed by atoms with Crippen molar-refractivity contribution in [2.45, 2.75) is 24.7 Å². The van der Waals surface area contributed by atoms with Gasteiger partial charge in [-0.05, 0) is 37.5 Å². The van der Waals surface area contributed by atoms with Crippen LogP contribution >= 0.6 is 23.2 Å². The van der Waals surface area contributed by atoms with E-state index in [9.17, 15) is 8.42 Å². The van der Waals surface area contributed by atoms with Gasteiger partial charge in [0.2, 0.25) is 10.0 Å². The first-order chi connectivity index (χ1) is 9.90. The molecule has 2 rings (SSSR count). The molecule has 0 fully saturated rings. The predicted octanol–water partition coefficient (Wildman–Crippen LogP) is 3.32. The topological polar surface area (TPSA) is 55.4 Å². The number of hydrogen-bond donors (Lipinski definition) is 1. The lowest BCUT2D eigenvalue weighted by Crippen LogP contribution is -2.25. The highest BCUT2D eigenvalue weighted by Crippen LogP contribution is 2.27. The van der Waals surface area contributed by atoms with Crippen molar-refractivity contribution in [3.63, 3.8) is 0 Å². The van der Waals surface area contributed by atoms with E-state index < -0.39 is 10.0 Å². The zero-order chi connectivity index (χ0) is 15.5. The second kappa shape index (κ2) is 7.11. The molecule has 7 heteroatoms. The number of hydrogen-bond acceptors (Lipinski definition) is 3. The zero-order valence-electron chi connectivity index (χ0n) is 11.7. The summed E-state index contributed by atoms with van der Waals surface area (Å²) in [7, 11) is -3.60. The van der Waals surface area contributed by atoms with Crippen LogP contribution in [0.3, 0.4) is 0 Å². The monoisotopic (exact) mass is 349 g/mol. The fourth-order valence-corrected chi connectivity index (χ4v) is 3.70. The van der Waals surface area contributed by atoms with E-state index >= 15 is 0 Å². The highest BCUT2D eigenvalue weighted by Gasteiger charge is 2.17. The van der Waals surface area contributed by atoms with E-state index in [1.54, 1.807) is 6.92 Å². The minimum Gasteiger partial charge on any atom is -0.377 e. The summed E-state index contributed by atoms with van der Waals surface area (Å²) in [5.74, 6) is 0. The maximum Gasteiger partial charge on any atom is 0.240 e. The van der Waals surface area contributed by atoms with Crippen LogP contribution in [0.5, 0.6) is 0 Å². The summed E-state index contributed by atoms with van der Waals surface area (Å²) in [5, 5.41) is 0.685. The second-order valence-corrected chi connectivity index (χ2v) is 7.43. The molecule has 0 aromatic heterocycles. The molecule has 0 unspecified atom stereocenters. The molecule has 1 aromatic rings. The number of sulfonamides is 1. The average molecular weight is 350 g/mol. The molecule has 0 saturated heterocycles. The van der Waals surface area contributed by atoms with Crippen LogP contribution in [0.1, 0.15) is 18.4 Å². The van der Waals surface area contributed by atoms with Crippen molar-refractivity contribution in [1.29, 1.82) is 0 Å². The molecule has 1 N–H and O–H groups in total. The van der Waals surface area contributed by atoms with Crippen molar-refractivity contribution in [2.75, 3.05) is 19.8 Å². The van der Waals surface area contributed by atoms with Gasteiger partial charge in [0.05, 0.1) is 18.1 Å². The van der Waals surface area contributed by atoms with Crippen LogP contribution in [0.15, 0.2) is 28.7 Å². The Labute approximate surface area is 135 Å². The Bertz CT molecular complexity index is 633. The van der Waals surface area contributed by atoms with E-state index in [-0.39, 0.29) is 4.90 Å². The molecule has 0 saturated carbocycles. The molecule has 0 spiro atoms. The van der Waals surface area contributed by atoms with Gasteiger partial charge in [-0.1, -0.05) is 34.9 Å². The normalized spacial score (nSPS) is 15.9. The van der Waals surface area contributed by atoms with E-state index in [0.29, 0.717) is 41.8 Å². The molecule has 1 heterocycles. The molecular weight excluding hydrogens is 333 g/mol. The van der Waals surface area contributed by atoms with Crippen molar-refractivity contribution in [1.82, 2.24) is 4.72 Å². The van der Waals surface area contributed by atoms with E-state index in [1.165, 1.54) is 17.7 Å².